The maximum absolute atomic E-state index is 10.1. The summed E-state index contributed by atoms with van der Waals surface area (Å²) >= 11 is 0. The lowest BCUT2D eigenvalue weighted by atomic mass is 9.79. The van der Waals surface area contributed by atoms with Crippen LogP contribution in [0, 0.1) is 0 Å². The van der Waals surface area contributed by atoms with Gasteiger partial charge >= 0.3 is 14.2 Å². The van der Waals surface area contributed by atoms with Crippen LogP contribution in [0.4, 0.5) is 0 Å². The highest BCUT2D eigenvalue weighted by molar-refractivity contribution is 6.62. The Bertz CT molecular complexity index is 934. The molecule has 0 bridgehead atoms. The first-order chi connectivity index (χ1) is 14.7. The van der Waals surface area contributed by atoms with Crippen molar-refractivity contribution < 1.29 is 28.5 Å². The first-order valence-corrected chi connectivity index (χ1v) is 9.99. The fraction of sp³-hybridized carbons (Fsp3) is 0.273. The summed E-state index contributed by atoms with van der Waals surface area (Å²) in [5.74, 6) is -1.28. The van der Waals surface area contributed by atoms with Crippen LogP contribution in [0.3, 0.4) is 0 Å². The Balaban J connectivity index is 1.37. The van der Waals surface area contributed by atoms with Gasteiger partial charge in [-0.25, -0.2) is 0 Å². The Hall–Kier alpha value is -2.19. The van der Waals surface area contributed by atoms with E-state index in [2.05, 4.69) is 13.2 Å². The first kappa shape index (κ1) is 19.8. The van der Waals surface area contributed by atoms with Gasteiger partial charge in [-0.05, 0) is 22.1 Å². The fourth-order valence-corrected chi connectivity index (χ4v) is 4.13. The molecule has 0 saturated carbocycles. The van der Waals surface area contributed by atoms with Crippen LogP contribution in [-0.4, -0.2) is 56.7 Å². The predicted molar refractivity (Wildman–Crippen MR) is 115 cm³/mol. The van der Waals surface area contributed by atoms with E-state index in [0.29, 0.717) is 0 Å². The number of rotatable bonds is 5. The molecule has 3 heterocycles. The minimum atomic E-state index is -1.28. The molecule has 152 valence electrons. The number of aliphatic hydroxyl groups is 1. The highest BCUT2D eigenvalue weighted by Crippen LogP contribution is 2.40. The van der Waals surface area contributed by atoms with Crippen molar-refractivity contribution >= 4 is 37.3 Å². The first-order valence-electron chi connectivity index (χ1n) is 9.99. The molecule has 6 nitrogen and oxygen atoms in total. The fourth-order valence-electron chi connectivity index (χ4n) is 4.13. The summed E-state index contributed by atoms with van der Waals surface area (Å²) in [5.41, 5.74) is 3.76. The number of hydrogen-bond acceptors (Lipinski definition) is 6. The van der Waals surface area contributed by atoms with Gasteiger partial charge in [0.15, 0.2) is 0 Å². The lowest BCUT2D eigenvalue weighted by Crippen LogP contribution is -2.60. The summed E-state index contributed by atoms with van der Waals surface area (Å²) in [6.07, 6.45) is 2.20. The van der Waals surface area contributed by atoms with Gasteiger partial charge in [-0.2, -0.15) is 0 Å². The smallest absolute Gasteiger partial charge is 0.399 e. The summed E-state index contributed by atoms with van der Waals surface area (Å²) in [6.45, 7) is 7.44. The van der Waals surface area contributed by atoms with Crippen molar-refractivity contribution in [2.45, 2.75) is 24.1 Å². The Kier molecular flexibility index (Phi) is 5.14. The molecule has 3 aliphatic rings. The molecular formula is C22H22B2O6. The van der Waals surface area contributed by atoms with Gasteiger partial charge in [0.05, 0.1) is 25.4 Å². The Morgan fingerprint density at radius 3 is 2.07 bits per heavy atom. The third-order valence-corrected chi connectivity index (χ3v) is 5.86. The van der Waals surface area contributed by atoms with Crippen molar-refractivity contribution in [2.75, 3.05) is 13.2 Å². The molecule has 0 spiro atoms. The molecule has 3 aliphatic heterocycles. The second-order valence-corrected chi connectivity index (χ2v) is 7.64. The van der Waals surface area contributed by atoms with Crippen LogP contribution in [-0.2, 0) is 23.4 Å². The lowest BCUT2D eigenvalue weighted by Gasteiger charge is -2.41. The molecule has 3 fully saturated rings. The minimum Gasteiger partial charge on any atom is -0.399 e. The van der Waals surface area contributed by atoms with Crippen LogP contribution < -0.4 is 10.9 Å². The average Bonchev–Trinajstić information content (AvgIpc) is 3.41. The molecule has 2 aromatic rings. The predicted octanol–water partition coefficient (Wildman–Crippen LogP) is 0.981. The number of fused-ring (bicyclic) bond motifs is 3. The lowest BCUT2D eigenvalue weighted by molar-refractivity contribution is -0.270. The Labute approximate surface area is 176 Å². The molecule has 8 heteroatoms. The summed E-state index contributed by atoms with van der Waals surface area (Å²) in [7, 11) is -1.21. The van der Waals surface area contributed by atoms with Crippen LogP contribution >= 0.6 is 0 Å². The standard InChI is InChI=1S/C22H22B2O6/c1-3-15-5-9-17(10-6-15)23-27-19-13-26-22(14-25)21(20(19)28-23)29-24(30-22)18-11-7-16(4-2)8-12-18/h3-12,19-21,25H,1-2,13-14H2/t19-,20-,21+,22+/m1/s1. The molecule has 0 unspecified atom stereocenters. The van der Waals surface area contributed by atoms with Crippen LogP contribution in [0.25, 0.3) is 12.2 Å². The molecule has 3 saturated heterocycles. The molecule has 30 heavy (non-hydrogen) atoms. The maximum atomic E-state index is 10.1. The summed E-state index contributed by atoms with van der Waals surface area (Å²) in [6, 6.07) is 15.5. The maximum Gasteiger partial charge on any atom is 0.496 e. The van der Waals surface area contributed by atoms with Crippen LogP contribution in [0.5, 0.6) is 0 Å². The Morgan fingerprint density at radius 2 is 1.50 bits per heavy atom. The molecule has 0 aromatic heterocycles. The molecule has 2 aromatic carbocycles. The number of hydrogen-bond donors (Lipinski definition) is 1. The van der Waals surface area contributed by atoms with Gasteiger partial charge < -0.3 is 28.5 Å². The highest BCUT2D eigenvalue weighted by Gasteiger charge is 2.63. The van der Waals surface area contributed by atoms with Gasteiger partial charge in [0.2, 0.25) is 5.79 Å². The van der Waals surface area contributed by atoms with E-state index in [1.807, 2.05) is 48.5 Å². The highest BCUT2D eigenvalue weighted by atomic mass is 16.8. The van der Waals surface area contributed by atoms with E-state index in [-0.39, 0.29) is 19.3 Å². The molecule has 0 radical (unpaired) electrons. The quantitative estimate of drug-likeness (QED) is 0.751. The number of benzene rings is 2. The van der Waals surface area contributed by atoms with Crippen LogP contribution in [0.2, 0.25) is 0 Å². The Morgan fingerprint density at radius 1 is 0.900 bits per heavy atom. The third-order valence-electron chi connectivity index (χ3n) is 5.86. The SMILES string of the molecule is C=Cc1ccc(B2O[C@@H]3[C@@H](CO[C@@]4(CO)OB(c5ccc(C=C)cc5)O[C@@H]34)O2)cc1. The second-order valence-electron chi connectivity index (χ2n) is 7.64. The molecule has 0 aliphatic carbocycles. The van der Waals surface area contributed by atoms with Gasteiger partial charge in [0.25, 0.3) is 0 Å². The van der Waals surface area contributed by atoms with Gasteiger partial charge in [-0.3, -0.25) is 0 Å². The van der Waals surface area contributed by atoms with Gasteiger partial charge in [-0.1, -0.05) is 73.8 Å². The number of aliphatic hydroxyl groups excluding tert-OH is 1. The zero-order valence-electron chi connectivity index (χ0n) is 16.5. The van der Waals surface area contributed by atoms with Crippen molar-refractivity contribution in [1.82, 2.24) is 0 Å². The van der Waals surface area contributed by atoms with Crippen molar-refractivity contribution in [3.8, 4) is 0 Å². The topological polar surface area (TPSA) is 66.4 Å². The summed E-state index contributed by atoms with van der Waals surface area (Å²) in [4.78, 5) is 0. The molecule has 0 amide bonds. The largest absolute Gasteiger partial charge is 0.496 e. The van der Waals surface area contributed by atoms with E-state index in [1.54, 1.807) is 12.2 Å². The molecule has 1 N–H and O–H groups in total. The number of ether oxygens (including phenoxy) is 1. The second kappa shape index (κ2) is 7.81. The van der Waals surface area contributed by atoms with Crippen molar-refractivity contribution in [1.29, 1.82) is 0 Å². The normalized spacial score (nSPS) is 30.1. The van der Waals surface area contributed by atoms with Crippen molar-refractivity contribution in [3.63, 3.8) is 0 Å². The van der Waals surface area contributed by atoms with E-state index in [4.69, 9.17) is 23.4 Å². The van der Waals surface area contributed by atoms with E-state index in [0.717, 1.165) is 22.1 Å². The average molecular weight is 404 g/mol. The zero-order valence-corrected chi connectivity index (χ0v) is 16.5. The van der Waals surface area contributed by atoms with Gasteiger partial charge in [-0.15, -0.1) is 0 Å². The van der Waals surface area contributed by atoms with Gasteiger partial charge in [0.1, 0.15) is 6.10 Å². The van der Waals surface area contributed by atoms with Crippen LogP contribution in [0.15, 0.2) is 61.7 Å². The summed E-state index contributed by atoms with van der Waals surface area (Å²) in [5, 5.41) is 10.1. The van der Waals surface area contributed by atoms with E-state index >= 15 is 0 Å². The molecular weight excluding hydrogens is 382 g/mol. The van der Waals surface area contributed by atoms with Gasteiger partial charge in [0, 0.05) is 0 Å². The van der Waals surface area contributed by atoms with E-state index < -0.39 is 32.2 Å². The molecule has 4 atom stereocenters. The zero-order chi connectivity index (χ0) is 20.7. The molecule has 5 rings (SSSR count). The summed E-state index contributed by atoms with van der Waals surface area (Å²) < 4.78 is 30.5. The monoisotopic (exact) mass is 404 g/mol. The van der Waals surface area contributed by atoms with Crippen LogP contribution in [0.1, 0.15) is 11.1 Å². The van der Waals surface area contributed by atoms with Crippen molar-refractivity contribution in [2.24, 2.45) is 0 Å². The van der Waals surface area contributed by atoms with E-state index in [1.165, 1.54) is 0 Å². The van der Waals surface area contributed by atoms with E-state index in [9.17, 15) is 5.11 Å². The van der Waals surface area contributed by atoms with Crippen molar-refractivity contribution in [3.05, 3.63) is 72.8 Å². The minimum absolute atomic E-state index is 0.244. The third kappa shape index (κ3) is 3.26.